The van der Waals surface area contributed by atoms with Gasteiger partial charge in [-0.3, -0.25) is 9.69 Å². The number of nitrogens with one attached hydrogen (secondary N) is 1. The highest BCUT2D eigenvalue weighted by Gasteiger charge is 2.25. The van der Waals surface area contributed by atoms with Gasteiger partial charge in [-0.25, -0.2) is 9.97 Å². The number of aryl methyl sites for hydroxylation is 1. The lowest BCUT2D eigenvalue weighted by atomic mass is 10.0. The lowest BCUT2D eigenvalue weighted by molar-refractivity contribution is 0.0162. The molecule has 0 bridgehead atoms. The van der Waals surface area contributed by atoms with Gasteiger partial charge in [0.05, 0.1) is 36.8 Å². The Morgan fingerprint density at radius 3 is 2.61 bits per heavy atom. The Labute approximate surface area is 186 Å². The number of ether oxygens (including phenoxy) is 1. The topological polar surface area (TPSA) is 80.5 Å². The van der Waals surface area contributed by atoms with Crippen LogP contribution >= 0.6 is 11.8 Å². The fraction of sp³-hybridized carbons (Fsp3) is 0.348. The summed E-state index contributed by atoms with van der Waals surface area (Å²) >= 11 is 1.43. The second-order valence-corrected chi connectivity index (χ2v) is 8.07. The zero-order valence-electron chi connectivity index (χ0n) is 17.7. The Balaban J connectivity index is 1.55. The summed E-state index contributed by atoms with van der Waals surface area (Å²) in [6, 6.07) is 14.0. The molecule has 1 N–H and O–H groups in total. The average molecular weight is 439 g/mol. The van der Waals surface area contributed by atoms with Crippen molar-refractivity contribution >= 4 is 17.7 Å². The summed E-state index contributed by atoms with van der Waals surface area (Å²) in [5, 5.41) is 3.76. The van der Waals surface area contributed by atoms with Crippen LogP contribution in [0.15, 0.2) is 58.2 Å². The Morgan fingerprint density at radius 2 is 1.94 bits per heavy atom. The third-order valence-corrected chi connectivity index (χ3v) is 6.03. The summed E-state index contributed by atoms with van der Waals surface area (Å²) in [7, 11) is 0. The van der Waals surface area contributed by atoms with Crippen LogP contribution in [0.25, 0.3) is 11.6 Å². The highest BCUT2D eigenvalue weighted by atomic mass is 32.2. The monoisotopic (exact) mass is 438 g/mol. The molecule has 3 heterocycles. The number of furan rings is 1. The molecule has 31 heavy (non-hydrogen) atoms. The molecule has 0 saturated carbocycles. The van der Waals surface area contributed by atoms with Gasteiger partial charge in [0, 0.05) is 19.6 Å². The van der Waals surface area contributed by atoms with E-state index in [-0.39, 0.29) is 11.9 Å². The average Bonchev–Trinajstić information content (AvgIpc) is 3.35. The van der Waals surface area contributed by atoms with E-state index in [4.69, 9.17) is 9.15 Å². The van der Waals surface area contributed by atoms with Crippen molar-refractivity contribution in [1.29, 1.82) is 0 Å². The summed E-state index contributed by atoms with van der Waals surface area (Å²) in [6.45, 7) is 5.41. The molecule has 1 amide bonds. The molecular weight excluding hydrogens is 412 g/mol. The van der Waals surface area contributed by atoms with Gasteiger partial charge in [0.25, 0.3) is 5.91 Å². The Hall–Kier alpha value is -2.68. The normalized spacial score (nSPS) is 15.5. The molecule has 1 aromatic carbocycles. The molecule has 3 aromatic rings. The number of amides is 1. The van der Waals surface area contributed by atoms with Gasteiger partial charge in [0.1, 0.15) is 5.03 Å². The number of aromatic nitrogens is 2. The van der Waals surface area contributed by atoms with Crippen LogP contribution in [0.2, 0.25) is 0 Å². The highest BCUT2D eigenvalue weighted by molar-refractivity contribution is 7.98. The van der Waals surface area contributed by atoms with Gasteiger partial charge in [-0.05, 0) is 30.9 Å². The van der Waals surface area contributed by atoms with Gasteiger partial charge in [-0.1, -0.05) is 30.3 Å². The van der Waals surface area contributed by atoms with Crippen molar-refractivity contribution < 1.29 is 13.9 Å². The van der Waals surface area contributed by atoms with E-state index in [2.05, 4.69) is 32.3 Å². The number of morpholine rings is 1. The second-order valence-electron chi connectivity index (χ2n) is 7.28. The van der Waals surface area contributed by atoms with E-state index < -0.39 is 0 Å². The van der Waals surface area contributed by atoms with E-state index in [1.54, 1.807) is 12.3 Å². The first kappa shape index (κ1) is 21.5. The van der Waals surface area contributed by atoms with E-state index >= 15 is 0 Å². The maximum atomic E-state index is 13.2. The van der Waals surface area contributed by atoms with Crippen molar-refractivity contribution in [1.82, 2.24) is 20.2 Å². The summed E-state index contributed by atoms with van der Waals surface area (Å²) in [4.78, 5) is 24.6. The highest BCUT2D eigenvalue weighted by Crippen LogP contribution is 2.26. The molecule has 4 rings (SSSR count). The molecule has 1 unspecified atom stereocenters. The van der Waals surface area contributed by atoms with Crippen LogP contribution in [0.1, 0.15) is 27.7 Å². The molecule has 1 aliphatic rings. The lowest BCUT2D eigenvalue weighted by Gasteiger charge is -2.35. The van der Waals surface area contributed by atoms with Crippen molar-refractivity contribution in [2.45, 2.75) is 18.0 Å². The zero-order chi connectivity index (χ0) is 21.6. The Bertz CT molecular complexity index is 1010. The van der Waals surface area contributed by atoms with E-state index in [1.807, 2.05) is 37.4 Å². The third kappa shape index (κ3) is 4.98. The standard InChI is InChI=1S/C23H26N4O3S/c1-16-20(23(31-2)26-21(25-16)19-9-6-12-30-19)22(28)24-15-18(17-7-4-3-5-8-17)27-10-13-29-14-11-27/h3-9,12,18H,10-11,13-15H2,1-2H3,(H,24,28). The number of carbonyl (C=O) groups excluding carboxylic acids is 1. The third-order valence-electron chi connectivity index (χ3n) is 5.35. The van der Waals surface area contributed by atoms with Gasteiger partial charge < -0.3 is 14.5 Å². The first-order valence-electron chi connectivity index (χ1n) is 10.3. The Kier molecular flexibility index (Phi) is 7.01. The minimum atomic E-state index is -0.165. The number of hydrogen-bond donors (Lipinski definition) is 1. The number of hydrogen-bond acceptors (Lipinski definition) is 7. The summed E-state index contributed by atoms with van der Waals surface area (Å²) in [6.07, 6.45) is 3.49. The fourth-order valence-corrected chi connectivity index (χ4v) is 4.39. The molecule has 2 aromatic heterocycles. The number of rotatable bonds is 7. The molecule has 0 radical (unpaired) electrons. The maximum absolute atomic E-state index is 13.2. The number of carbonyl (C=O) groups is 1. The summed E-state index contributed by atoms with van der Waals surface area (Å²) in [5.74, 6) is 0.905. The minimum Gasteiger partial charge on any atom is -0.461 e. The maximum Gasteiger partial charge on any atom is 0.255 e. The van der Waals surface area contributed by atoms with Gasteiger partial charge in [-0.15, -0.1) is 11.8 Å². The van der Waals surface area contributed by atoms with E-state index in [1.165, 1.54) is 17.3 Å². The molecule has 1 atom stereocenters. The fourth-order valence-electron chi connectivity index (χ4n) is 3.77. The van der Waals surface area contributed by atoms with Crippen LogP contribution in [0, 0.1) is 6.92 Å². The molecule has 162 valence electrons. The van der Waals surface area contributed by atoms with Crippen molar-refractivity contribution in [2.24, 2.45) is 0 Å². The minimum absolute atomic E-state index is 0.0791. The van der Waals surface area contributed by atoms with E-state index in [0.29, 0.717) is 47.6 Å². The number of thioether (sulfide) groups is 1. The van der Waals surface area contributed by atoms with Crippen LogP contribution < -0.4 is 5.32 Å². The van der Waals surface area contributed by atoms with Crippen molar-refractivity contribution in [2.75, 3.05) is 39.1 Å². The quantitative estimate of drug-likeness (QED) is 0.446. The van der Waals surface area contributed by atoms with Crippen molar-refractivity contribution in [3.63, 3.8) is 0 Å². The summed E-state index contributed by atoms with van der Waals surface area (Å²) < 4.78 is 10.9. The second kappa shape index (κ2) is 10.1. The van der Waals surface area contributed by atoms with Gasteiger partial charge in [0.15, 0.2) is 11.6 Å². The van der Waals surface area contributed by atoms with Crippen molar-refractivity contribution in [3.8, 4) is 11.6 Å². The molecule has 8 heteroatoms. The number of benzene rings is 1. The van der Waals surface area contributed by atoms with E-state index in [9.17, 15) is 4.79 Å². The Morgan fingerprint density at radius 1 is 1.16 bits per heavy atom. The predicted molar refractivity (Wildman–Crippen MR) is 120 cm³/mol. The molecule has 1 aliphatic heterocycles. The zero-order valence-corrected chi connectivity index (χ0v) is 18.5. The summed E-state index contributed by atoms with van der Waals surface area (Å²) in [5.41, 5.74) is 2.32. The largest absolute Gasteiger partial charge is 0.461 e. The molecule has 1 saturated heterocycles. The SMILES string of the molecule is CSc1nc(-c2ccco2)nc(C)c1C(=O)NCC(c1ccccc1)N1CCOCC1. The molecule has 1 fully saturated rings. The molecular formula is C23H26N4O3S. The van der Waals surface area contributed by atoms with E-state index in [0.717, 1.165) is 13.1 Å². The van der Waals surface area contributed by atoms with Crippen LogP contribution in [-0.2, 0) is 4.74 Å². The number of nitrogens with zero attached hydrogens (tertiary/aromatic N) is 3. The first-order valence-corrected chi connectivity index (χ1v) is 11.5. The van der Waals surface area contributed by atoms with Gasteiger partial charge >= 0.3 is 0 Å². The lowest BCUT2D eigenvalue weighted by Crippen LogP contribution is -2.44. The first-order chi connectivity index (χ1) is 15.2. The predicted octanol–water partition coefficient (Wildman–Crippen LogP) is 3.57. The molecule has 0 aliphatic carbocycles. The molecule has 0 spiro atoms. The van der Waals surface area contributed by atoms with Crippen LogP contribution in [0.4, 0.5) is 0 Å². The van der Waals surface area contributed by atoms with Gasteiger partial charge in [0.2, 0.25) is 0 Å². The van der Waals surface area contributed by atoms with Crippen LogP contribution in [0.3, 0.4) is 0 Å². The molecule has 7 nitrogen and oxygen atoms in total. The smallest absolute Gasteiger partial charge is 0.255 e. The van der Waals surface area contributed by atoms with Crippen LogP contribution in [-0.4, -0.2) is 59.9 Å². The van der Waals surface area contributed by atoms with Crippen LogP contribution in [0.5, 0.6) is 0 Å². The van der Waals surface area contributed by atoms with Crippen molar-refractivity contribution in [3.05, 3.63) is 65.5 Å². The van der Waals surface area contributed by atoms with Gasteiger partial charge in [-0.2, -0.15) is 0 Å².